The molecular formula is C38H58N14O8S2. The quantitative estimate of drug-likeness (QED) is 0.00861. The smallest absolute Gasteiger partial charge is 0.295 e. The lowest BCUT2D eigenvalue weighted by molar-refractivity contribution is -0.432. The van der Waals surface area contributed by atoms with Crippen molar-refractivity contribution in [1.29, 1.82) is 0 Å². The van der Waals surface area contributed by atoms with E-state index in [1.807, 2.05) is 0 Å². The van der Waals surface area contributed by atoms with E-state index in [0.717, 1.165) is 52.1 Å². The first-order chi connectivity index (χ1) is 30.0. The Labute approximate surface area is 366 Å². The summed E-state index contributed by atoms with van der Waals surface area (Å²) in [6.45, 7) is 15.4. The van der Waals surface area contributed by atoms with Gasteiger partial charge in [-0.25, -0.2) is 5.26 Å². The van der Waals surface area contributed by atoms with Gasteiger partial charge in [0.15, 0.2) is 0 Å². The summed E-state index contributed by atoms with van der Waals surface area (Å²) in [5.41, 5.74) is 1.44. The maximum absolute atomic E-state index is 12.7. The topological polar surface area (TPSA) is 290 Å². The molecule has 2 aromatic heterocycles. The van der Waals surface area contributed by atoms with Crippen molar-refractivity contribution in [1.82, 2.24) is 39.7 Å². The van der Waals surface area contributed by atoms with Crippen LogP contribution in [-0.4, -0.2) is 147 Å². The van der Waals surface area contributed by atoms with Gasteiger partial charge in [0.25, 0.3) is 10.1 Å². The minimum atomic E-state index is -4.74. The van der Waals surface area contributed by atoms with Crippen molar-refractivity contribution in [3.8, 4) is 0 Å². The molecule has 0 unspecified atom stereocenters. The standard InChI is InChI=1S/C38H58N14O8S2/c1-5-51(6-2)21-9-17-39-33-45-35(41-19-23-53)49-37(47-33)43-29-15-13-27(31(25-29)61-60-59-55)11-12-28-14-16-30(26-32(28)62(56,57)58)44-38-48-34(46-36(50-38)42-20-24-54)40-18-10-22-52(7-3)8-4/h11-16,25-26,53-55H,5-10,17-24H2,1-4H3,(H,56,57,58)(H3,39,41,43,45,47,49)(H3,40,42,44,46,48,50)/b12-11+. The minimum Gasteiger partial charge on any atom is -0.395 e. The number of aliphatic hydroxyl groups is 2. The molecule has 0 spiro atoms. The number of nitrogens with one attached hydrogen (secondary N) is 6. The van der Waals surface area contributed by atoms with Crippen LogP contribution < -0.4 is 31.9 Å². The average molecular weight is 903 g/mol. The third kappa shape index (κ3) is 16.7. The molecule has 0 aliphatic carbocycles. The third-order valence-electron chi connectivity index (χ3n) is 9.13. The summed E-state index contributed by atoms with van der Waals surface area (Å²) < 4.78 is 40.4. The van der Waals surface area contributed by atoms with Gasteiger partial charge in [0, 0.05) is 42.4 Å². The molecule has 2 heterocycles. The second kappa shape index (κ2) is 26.5. The highest BCUT2D eigenvalue weighted by atomic mass is 32.2. The van der Waals surface area contributed by atoms with Crippen LogP contribution in [0, 0.1) is 0 Å². The van der Waals surface area contributed by atoms with Gasteiger partial charge in [0.05, 0.1) is 25.3 Å². The molecule has 0 aliphatic rings. The lowest BCUT2D eigenvalue weighted by Gasteiger charge is -2.17. The molecule has 0 saturated heterocycles. The molecule has 4 rings (SSSR count). The summed E-state index contributed by atoms with van der Waals surface area (Å²) in [6, 6.07) is 9.41. The van der Waals surface area contributed by atoms with E-state index in [4.69, 9.17) is 9.59 Å². The Morgan fingerprint density at radius 2 is 1.05 bits per heavy atom. The van der Waals surface area contributed by atoms with Gasteiger partial charge in [0.1, 0.15) is 4.90 Å². The Morgan fingerprint density at radius 3 is 1.48 bits per heavy atom. The number of hydrogen-bond acceptors (Lipinski definition) is 22. The number of rotatable bonds is 30. The predicted molar refractivity (Wildman–Crippen MR) is 241 cm³/mol. The van der Waals surface area contributed by atoms with Crippen LogP contribution in [-0.2, 0) is 19.5 Å². The molecule has 0 radical (unpaired) electrons. The molecule has 0 amide bonds. The molecular weight excluding hydrogens is 845 g/mol. The molecule has 340 valence electrons. The minimum absolute atomic E-state index is 0.0888. The van der Waals surface area contributed by atoms with E-state index in [1.165, 1.54) is 18.2 Å². The Morgan fingerprint density at radius 1 is 0.629 bits per heavy atom. The fourth-order valence-corrected chi connectivity index (χ4v) is 7.11. The van der Waals surface area contributed by atoms with Gasteiger partial charge in [-0.2, -0.15) is 38.3 Å². The van der Waals surface area contributed by atoms with Crippen LogP contribution in [0.25, 0.3) is 12.2 Å². The number of hydrogen-bond donors (Lipinski definition) is 10. The highest BCUT2D eigenvalue weighted by molar-refractivity contribution is 7.94. The fourth-order valence-electron chi connectivity index (χ4n) is 5.89. The summed E-state index contributed by atoms with van der Waals surface area (Å²) in [7, 11) is -4.74. The second-order valence-electron chi connectivity index (χ2n) is 13.3. The van der Waals surface area contributed by atoms with Crippen molar-refractivity contribution < 1.29 is 37.8 Å². The van der Waals surface area contributed by atoms with Crippen LogP contribution in [0.15, 0.2) is 46.2 Å². The van der Waals surface area contributed by atoms with Gasteiger partial charge in [-0.1, -0.05) is 57.0 Å². The molecule has 22 nitrogen and oxygen atoms in total. The molecule has 0 saturated carbocycles. The summed E-state index contributed by atoms with van der Waals surface area (Å²) in [6.07, 6.45) is 4.79. The highest BCUT2D eigenvalue weighted by Gasteiger charge is 2.17. The first kappa shape index (κ1) is 49.6. The zero-order valence-electron chi connectivity index (χ0n) is 35.3. The van der Waals surface area contributed by atoms with Crippen LogP contribution in [0.2, 0.25) is 0 Å². The van der Waals surface area contributed by atoms with E-state index < -0.39 is 15.0 Å². The maximum Gasteiger partial charge on any atom is 0.295 e. The zero-order valence-corrected chi connectivity index (χ0v) is 37.0. The Hall–Kier alpha value is -5.02. The van der Waals surface area contributed by atoms with Gasteiger partial charge in [-0.3, -0.25) is 4.55 Å². The number of anilines is 8. The van der Waals surface area contributed by atoms with Crippen LogP contribution in [0.4, 0.5) is 47.1 Å². The van der Waals surface area contributed by atoms with E-state index in [1.54, 1.807) is 30.3 Å². The number of benzene rings is 2. The third-order valence-corrected chi connectivity index (χ3v) is 10.7. The van der Waals surface area contributed by atoms with E-state index in [0.29, 0.717) is 47.2 Å². The molecule has 0 bridgehead atoms. The monoisotopic (exact) mass is 902 g/mol. The fraction of sp³-hybridized carbons (Fsp3) is 0.474. The van der Waals surface area contributed by atoms with Gasteiger partial charge in [-0.15, -0.1) is 4.33 Å². The largest absolute Gasteiger partial charge is 0.395 e. The lowest BCUT2D eigenvalue weighted by Crippen LogP contribution is -2.25. The molecule has 2 aromatic carbocycles. The first-order valence-electron chi connectivity index (χ1n) is 20.3. The summed E-state index contributed by atoms with van der Waals surface area (Å²) >= 11 is 0.677. The van der Waals surface area contributed by atoms with Crippen molar-refractivity contribution in [2.24, 2.45) is 0 Å². The van der Waals surface area contributed by atoms with Gasteiger partial charge < -0.3 is 51.9 Å². The Balaban J connectivity index is 1.56. The van der Waals surface area contributed by atoms with Gasteiger partial charge in [-0.05, 0) is 87.5 Å². The van der Waals surface area contributed by atoms with E-state index in [9.17, 15) is 23.2 Å². The van der Waals surface area contributed by atoms with E-state index in [-0.39, 0.29) is 67.3 Å². The molecule has 24 heteroatoms. The van der Waals surface area contributed by atoms with Crippen molar-refractivity contribution in [2.45, 2.75) is 50.3 Å². The number of aliphatic hydroxyl groups excluding tert-OH is 2. The van der Waals surface area contributed by atoms with Crippen molar-refractivity contribution in [3.63, 3.8) is 0 Å². The van der Waals surface area contributed by atoms with Crippen molar-refractivity contribution in [3.05, 3.63) is 47.5 Å². The molecule has 10 N–H and O–H groups in total. The van der Waals surface area contributed by atoms with Crippen LogP contribution in [0.5, 0.6) is 0 Å². The molecule has 0 atom stereocenters. The maximum atomic E-state index is 12.7. The molecule has 4 aromatic rings. The second-order valence-corrected chi connectivity index (χ2v) is 15.4. The average Bonchev–Trinajstić information content (AvgIpc) is 3.26. The predicted octanol–water partition coefficient (Wildman–Crippen LogP) is 4.49. The van der Waals surface area contributed by atoms with Gasteiger partial charge in [0.2, 0.25) is 35.7 Å². The van der Waals surface area contributed by atoms with Crippen LogP contribution >= 0.6 is 12.0 Å². The van der Waals surface area contributed by atoms with Crippen molar-refractivity contribution in [2.75, 3.05) is 111 Å². The Kier molecular flexibility index (Phi) is 21.2. The summed E-state index contributed by atoms with van der Waals surface area (Å²) in [4.78, 5) is 31.1. The number of nitrogens with zero attached hydrogens (tertiary/aromatic N) is 8. The SMILES string of the molecule is CCN(CC)CCCNc1nc(NCCO)nc(Nc2ccc(/C=C/c3ccc(Nc4nc(NCCO)nc(NCCCN(CC)CC)n4)cc3S(=O)(=O)O)c(SOOO)c2)n1. The van der Waals surface area contributed by atoms with Crippen molar-refractivity contribution >= 4 is 81.4 Å². The first-order valence-corrected chi connectivity index (χ1v) is 22.5. The normalized spacial score (nSPS) is 11.7. The summed E-state index contributed by atoms with van der Waals surface area (Å²) in [5, 5.41) is 49.9. The van der Waals surface area contributed by atoms with E-state index >= 15 is 0 Å². The van der Waals surface area contributed by atoms with Crippen LogP contribution in [0.3, 0.4) is 0 Å². The number of aromatic nitrogens is 6. The molecule has 0 fully saturated rings. The zero-order chi connectivity index (χ0) is 44.7. The van der Waals surface area contributed by atoms with E-state index in [2.05, 4.69) is 104 Å². The molecule has 62 heavy (non-hydrogen) atoms. The van der Waals surface area contributed by atoms with Crippen LogP contribution in [0.1, 0.15) is 51.7 Å². The lowest BCUT2D eigenvalue weighted by atomic mass is 10.1. The highest BCUT2D eigenvalue weighted by Crippen LogP contribution is 2.31. The molecule has 0 aliphatic heterocycles. The summed E-state index contributed by atoms with van der Waals surface area (Å²) in [5.74, 6) is 1.33. The Bertz CT molecular complexity index is 2110. The van der Waals surface area contributed by atoms with Gasteiger partial charge >= 0.3 is 0 Å².